The van der Waals surface area contributed by atoms with Gasteiger partial charge in [0, 0.05) is 30.9 Å². The third-order valence-electron chi connectivity index (χ3n) is 4.04. The van der Waals surface area contributed by atoms with Gasteiger partial charge in [0.05, 0.1) is 12.6 Å². The molecule has 0 fully saturated rings. The number of β-amino-alcohol motifs (C(OH)–C–C–N with tert-alkyl or cyclic N) is 1. The van der Waals surface area contributed by atoms with Crippen LogP contribution in [0, 0.1) is 0 Å². The van der Waals surface area contributed by atoms with Crippen molar-refractivity contribution < 1.29 is 9.90 Å². The van der Waals surface area contributed by atoms with E-state index in [1.54, 1.807) is 17.2 Å². The standard InChI is InChI=1S/C17H18N2O3/c1-2-18-8-7-12(9-16(18)21)17(22)19-10-13-5-3-4-6-14(13)15(20)11-19/h3-9,15,20H,2,10-11H2,1H3/t15-/m1/s1. The summed E-state index contributed by atoms with van der Waals surface area (Å²) in [5, 5.41) is 10.2. The molecule has 5 heteroatoms. The van der Waals surface area contributed by atoms with E-state index in [9.17, 15) is 14.7 Å². The van der Waals surface area contributed by atoms with Gasteiger partial charge in [-0.2, -0.15) is 0 Å². The number of pyridine rings is 1. The SMILES string of the molecule is CCn1ccc(C(=O)N2Cc3ccccc3[C@H](O)C2)cc1=O. The Morgan fingerprint density at radius 1 is 1.32 bits per heavy atom. The number of carbonyl (C=O) groups is 1. The molecule has 0 aliphatic carbocycles. The number of hydrogen-bond donors (Lipinski definition) is 1. The monoisotopic (exact) mass is 298 g/mol. The third-order valence-corrected chi connectivity index (χ3v) is 4.04. The first-order chi connectivity index (χ1) is 10.6. The largest absolute Gasteiger partial charge is 0.387 e. The van der Waals surface area contributed by atoms with Gasteiger partial charge in [0.15, 0.2) is 0 Å². The van der Waals surface area contributed by atoms with Gasteiger partial charge in [0.25, 0.3) is 11.5 Å². The molecule has 22 heavy (non-hydrogen) atoms. The van der Waals surface area contributed by atoms with Gasteiger partial charge in [0.2, 0.25) is 0 Å². The van der Waals surface area contributed by atoms with Gasteiger partial charge < -0.3 is 14.6 Å². The van der Waals surface area contributed by atoms with Crippen LogP contribution in [-0.4, -0.2) is 27.0 Å². The number of carbonyl (C=O) groups excluding carboxylic acids is 1. The maximum absolute atomic E-state index is 12.6. The van der Waals surface area contributed by atoms with E-state index in [0.29, 0.717) is 18.7 Å². The second-order valence-electron chi connectivity index (χ2n) is 5.44. The van der Waals surface area contributed by atoms with E-state index in [2.05, 4.69) is 0 Å². The van der Waals surface area contributed by atoms with Crippen molar-refractivity contribution in [1.82, 2.24) is 9.47 Å². The van der Waals surface area contributed by atoms with Crippen molar-refractivity contribution in [3.8, 4) is 0 Å². The number of aliphatic hydroxyl groups is 1. The first-order valence-electron chi connectivity index (χ1n) is 7.35. The number of rotatable bonds is 2. The zero-order valence-corrected chi connectivity index (χ0v) is 12.4. The molecular formula is C17H18N2O3. The molecule has 1 aromatic heterocycles. The summed E-state index contributed by atoms with van der Waals surface area (Å²) in [6, 6.07) is 10.6. The molecule has 1 aliphatic rings. The van der Waals surface area contributed by atoms with Crippen LogP contribution in [0.2, 0.25) is 0 Å². The Kier molecular flexibility index (Phi) is 3.81. The summed E-state index contributed by atoms with van der Waals surface area (Å²) < 4.78 is 1.54. The van der Waals surface area contributed by atoms with Gasteiger partial charge in [-0.3, -0.25) is 9.59 Å². The van der Waals surface area contributed by atoms with Crippen molar-refractivity contribution in [2.75, 3.05) is 6.54 Å². The van der Waals surface area contributed by atoms with Gasteiger partial charge in [-0.05, 0) is 24.1 Å². The fraction of sp³-hybridized carbons (Fsp3) is 0.294. The summed E-state index contributed by atoms with van der Waals surface area (Å²) in [5.74, 6) is -0.228. The number of aromatic nitrogens is 1. The van der Waals surface area contributed by atoms with Crippen LogP contribution in [0.1, 0.15) is 34.5 Å². The molecule has 3 rings (SSSR count). The number of nitrogens with zero attached hydrogens (tertiary/aromatic N) is 2. The van der Waals surface area contributed by atoms with Crippen LogP contribution >= 0.6 is 0 Å². The summed E-state index contributed by atoms with van der Waals surface area (Å²) >= 11 is 0. The van der Waals surface area contributed by atoms with Crippen LogP contribution in [0.4, 0.5) is 0 Å². The second-order valence-corrected chi connectivity index (χ2v) is 5.44. The molecule has 0 saturated heterocycles. The molecule has 0 bridgehead atoms. The van der Waals surface area contributed by atoms with Crippen molar-refractivity contribution >= 4 is 5.91 Å². The van der Waals surface area contributed by atoms with E-state index in [1.165, 1.54) is 10.6 Å². The molecule has 1 aliphatic heterocycles. The van der Waals surface area contributed by atoms with E-state index in [0.717, 1.165) is 11.1 Å². The molecule has 2 aromatic rings. The lowest BCUT2D eigenvalue weighted by Crippen LogP contribution is -2.38. The highest BCUT2D eigenvalue weighted by molar-refractivity contribution is 5.94. The lowest BCUT2D eigenvalue weighted by molar-refractivity contribution is 0.0549. The molecule has 0 spiro atoms. The Bertz CT molecular complexity index is 766. The maximum Gasteiger partial charge on any atom is 0.254 e. The molecule has 114 valence electrons. The molecule has 1 aromatic carbocycles. The highest BCUT2D eigenvalue weighted by atomic mass is 16.3. The fourth-order valence-corrected chi connectivity index (χ4v) is 2.82. The van der Waals surface area contributed by atoms with Crippen LogP contribution < -0.4 is 5.56 Å². The molecule has 0 radical (unpaired) electrons. The number of aliphatic hydroxyl groups excluding tert-OH is 1. The average Bonchev–Trinajstić information content (AvgIpc) is 2.54. The molecule has 0 saturated carbocycles. The molecule has 2 heterocycles. The smallest absolute Gasteiger partial charge is 0.254 e. The normalized spacial score (nSPS) is 17.2. The lowest BCUT2D eigenvalue weighted by Gasteiger charge is -2.32. The van der Waals surface area contributed by atoms with Crippen molar-refractivity contribution in [2.45, 2.75) is 26.1 Å². The quantitative estimate of drug-likeness (QED) is 0.915. The van der Waals surface area contributed by atoms with Crippen LogP contribution in [-0.2, 0) is 13.1 Å². The Hall–Kier alpha value is -2.40. The van der Waals surface area contributed by atoms with E-state index in [4.69, 9.17) is 0 Å². The fourth-order valence-electron chi connectivity index (χ4n) is 2.82. The number of hydrogen-bond acceptors (Lipinski definition) is 3. The first kappa shape index (κ1) is 14.5. The molecule has 1 atom stereocenters. The van der Waals surface area contributed by atoms with Crippen LogP contribution in [0.3, 0.4) is 0 Å². The van der Waals surface area contributed by atoms with Crippen LogP contribution in [0.25, 0.3) is 0 Å². The molecule has 5 nitrogen and oxygen atoms in total. The first-order valence-corrected chi connectivity index (χ1v) is 7.35. The molecule has 1 amide bonds. The number of benzene rings is 1. The minimum absolute atomic E-state index is 0.189. The van der Waals surface area contributed by atoms with Crippen molar-refractivity contribution in [2.24, 2.45) is 0 Å². The Morgan fingerprint density at radius 2 is 2.09 bits per heavy atom. The summed E-state index contributed by atoms with van der Waals surface area (Å²) in [6.45, 7) is 3.14. The van der Waals surface area contributed by atoms with E-state index >= 15 is 0 Å². The molecule has 0 unspecified atom stereocenters. The zero-order chi connectivity index (χ0) is 15.7. The summed E-state index contributed by atoms with van der Waals surface area (Å²) in [5.41, 5.74) is 1.98. The van der Waals surface area contributed by atoms with Gasteiger partial charge in [-0.25, -0.2) is 0 Å². The van der Waals surface area contributed by atoms with E-state index in [-0.39, 0.29) is 18.0 Å². The number of amides is 1. The van der Waals surface area contributed by atoms with Crippen LogP contribution in [0.15, 0.2) is 47.4 Å². The topological polar surface area (TPSA) is 62.5 Å². The minimum atomic E-state index is -0.690. The number of aryl methyl sites for hydroxylation is 1. The summed E-state index contributed by atoms with van der Waals surface area (Å²) in [7, 11) is 0. The predicted molar refractivity (Wildman–Crippen MR) is 82.5 cm³/mol. The Balaban J connectivity index is 1.88. The number of fused-ring (bicyclic) bond motifs is 1. The van der Waals surface area contributed by atoms with E-state index < -0.39 is 6.10 Å². The van der Waals surface area contributed by atoms with Gasteiger partial charge in [0.1, 0.15) is 0 Å². The third kappa shape index (κ3) is 2.55. The zero-order valence-electron chi connectivity index (χ0n) is 12.4. The summed E-state index contributed by atoms with van der Waals surface area (Å²) in [4.78, 5) is 26.0. The van der Waals surface area contributed by atoms with Crippen molar-refractivity contribution in [3.63, 3.8) is 0 Å². The summed E-state index contributed by atoms with van der Waals surface area (Å²) in [6.07, 6.45) is 0.939. The van der Waals surface area contributed by atoms with E-state index in [1.807, 2.05) is 31.2 Å². The molecular weight excluding hydrogens is 280 g/mol. The predicted octanol–water partition coefficient (Wildman–Crippen LogP) is 1.56. The average molecular weight is 298 g/mol. The minimum Gasteiger partial charge on any atom is -0.387 e. The Labute approximate surface area is 128 Å². The van der Waals surface area contributed by atoms with Gasteiger partial charge in [-0.1, -0.05) is 24.3 Å². The lowest BCUT2D eigenvalue weighted by atomic mass is 9.97. The van der Waals surface area contributed by atoms with Crippen molar-refractivity contribution in [3.05, 3.63) is 69.6 Å². The second kappa shape index (κ2) is 5.77. The highest BCUT2D eigenvalue weighted by Crippen LogP contribution is 2.26. The molecule has 1 N–H and O–H groups in total. The van der Waals surface area contributed by atoms with Gasteiger partial charge in [-0.15, -0.1) is 0 Å². The highest BCUT2D eigenvalue weighted by Gasteiger charge is 2.27. The Morgan fingerprint density at radius 3 is 2.82 bits per heavy atom. The van der Waals surface area contributed by atoms with Crippen LogP contribution in [0.5, 0.6) is 0 Å². The van der Waals surface area contributed by atoms with Crippen molar-refractivity contribution in [1.29, 1.82) is 0 Å². The maximum atomic E-state index is 12.6. The van der Waals surface area contributed by atoms with Gasteiger partial charge >= 0.3 is 0 Å².